The van der Waals surface area contributed by atoms with E-state index in [2.05, 4.69) is 10.0 Å². The normalized spacial score (nSPS) is 16.3. The summed E-state index contributed by atoms with van der Waals surface area (Å²) in [7, 11) is -2.12. The summed E-state index contributed by atoms with van der Waals surface area (Å²) in [6.45, 7) is 1.93. The summed E-state index contributed by atoms with van der Waals surface area (Å²) in [5.74, 6) is 0.805. The van der Waals surface area contributed by atoms with Crippen molar-refractivity contribution in [2.24, 2.45) is 0 Å². The van der Waals surface area contributed by atoms with Gasteiger partial charge in [-0.15, -0.1) is 11.8 Å². The number of rotatable bonds is 7. The number of ether oxygens (including phenoxy) is 1. The maximum atomic E-state index is 13.0. The van der Waals surface area contributed by atoms with Crippen LogP contribution in [0.2, 0.25) is 0 Å². The fraction of sp³-hybridized carbons (Fsp3) is 0.300. The number of amides is 2. The zero-order valence-corrected chi connectivity index (χ0v) is 18.3. The molecule has 1 unspecified atom stereocenters. The van der Waals surface area contributed by atoms with Crippen LogP contribution in [0.15, 0.2) is 53.4 Å². The standard InChI is InChI=1S/C20H23N3O5S2/c1-3-21-30(26,27)17-6-4-5-14(11-17)20(25)23-13-29-12-18(23)19(24)22-15-7-9-16(28-2)10-8-15/h4-11,18,21H,3,12-13H2,1-2H3,(H,22,24). The van der Waals surface area contributed by atoms with Crippen molar-refractivity contribution >= 4 is 39.3 Å². The van der Waals surface area contributed by atoms with E-state index >= 15 is 0 Å². The quantitative estimate of drug-likeness (QED) is 0.671. The SMILES string of the molecule is CCNS(=O)(=O)c1cccc(C(=O)N2CSCC2C(=O)Nc2ccc(OC)cc2)c1. The minimum Gasteiger partial charge on any atom is -0.497 e. The molecule has 0 spiro atoms. The van der Waals surface area contributed by atoms with Crippen molar-refractivity contribution in [3.05, 3.63) is 54.1 Å². The molecule has 0 aliphatic carbocycles. The van der Waals surface area contributed by atoms with Crippen LogP contribution in [0.5, 0.6) is 5.75 Å². The van der Waals surface area contributed by atoms with Gasteiger partial charge in [-0.3, -0.25) is 9.59 Å². The van der Waals surface area contributed by atoms with Crippen molar-refractivity contribution in [2.75, 3.05) is 30.6 Å². The van der Waals surface area contributed by atoms with Gasteiger partial charge < -0.3 is 15.0 Å². The van der Waals surface area contributed by atoms with Gasteiger partial charge in [0, 0.05) is 23.5 Å². The molecule has 1 aliphatic rings. The minimum atomic E-state index is -3.68. The highest BCUT2D eigenvalue weighted by molar-refractivity contribution is 7.99. The number of sulfonamides is 1. The van der Waals surface area contributed by atoms with E-state index in [4.69, 9.17) is 4.74 Å². The number of benzene rings is 2. The Bertz CT molecular complexity index is 1020. The second-order valence-electron chi connectivity index (χ2n) is 6.54. The molecule has 0 saturated carbocycles. The molecule has 3 rings (SSSR count). The summed E-state index contributed by atoms with van der Waals surface area (Å²) in [5, 5.41) is 2.82. The predicted octanol–water partition coefficient (Wildman–Crippen LogP) is 2.15. The lowest BCUT2D eigenvalue weighted by atomic mass is 10.1. The molecule has 1 aliphatic heterocycles. The molecule has 0 radical (unpaired) electrons. The first kappa shape index (κ1) is 22.1. The Morgan fingerprint density at radius 1 is 1.20 bits per heavy atom. The molecule has 8 nitrogen and oxygen atoms in total. The molecule has 2 aromatic carbocycles. The lowest BCUT2D eigenvalue weighted by Gasteiger charge is -2.23. The maximum Gasteiger partial charge on any atom is 0.255 e. The molecule has 0 aromatic heterocycles. The number of hydrogen-bond acceptors (Lipinski definition) is 6. The fourth-order valence-corrected chi connectivity index (χ4v) is 5.24. The first-order valence-corrected chi connectivity index (χ1v) is 11.9. The molecule has 1 atom stereocenters. The second kappa shape index (κ2) is 9.50. The number of anilines is 1. The molecule has 1 heterocycles. The predicted molar refractivity (Wildman–Crippen MR) is 116 cm³/mol. The topological polar surface area (TPSA) is 105 Å². The van der Waals surface area contributed by atoms with E-state index in [-0.39, 0.29) is 28.8 Å². The molecule has 1 fully saturated rings. The van der Waals surface area contributed by atoms with E-state index in [1.54, 1.807) is 44.4 Å². The van der Waals surface area contributed by atoms with E-state index in [1.807, 2.05) is 0 Å². The number of carbonyl (C=O) groups is 2. The minimum absolute atomic E-state index is 0.0151. The van der Waals surface area contributed by atoms with Gasteiger partial charge in [0.15, 0.2) is 0 Å². The Morgan fingerprint density at radius 2 is 1.93 bits per heavy atom. The van der Waals surface area contributed by atoms with Gasteiger partial charge in [0.2, 0.25) is 15.9 Å². The third-order valence-electron chi connectivity index (χ3n) is 4.53. The van der Waals surface area contributed by atoms with Gasteiger partial charge >= 0.3 is 0 Å². The van der Waals surface area contributed by atoms with Crippen molar-refractivity contribution < 1.29 is 22.7 Å². The lowest BCUT2D eigenvalue weighted by Crippen LogP contribution is -2.44. The summed E-state index contributed by atoms with van der Waals surface area (Å²) in [6, 6.07) is 12.1. The smallest absolute Gasteiger partial charge is 0.255 e. The largest absolute Gasteiger partial charge is 0.497 e. The van der Waals surface area contributed by atoms with Crippen molar-refractivity contribution in [1.29, 1.82) is 0 Å². The number of hydrogen-bond donors (Lipinski definition) is 2. The number of nitrogens with zero attached hydrogens (tertiary/aromatic N) is 1. The van der Waals surface area contributed by atoms with E-state index in [9.17, 15) is 18.0 Å². The molecule has 1 saturated heterocycles. The van der Waals surface area contributed by atoms with Crippen LogP contribution in [-0.4, -0.2) is 56.5 Å². The third-order valence-corrected chi connectivity index (χ3v) is 7.08. The summed E-state index contributed by atoms with van der Waals surface area (Å²) in [4.78, 5) is 27.3. The summed E-state index contributed by atoms with van der Waals surface area (Å²) in [6.07, 6.45) is 0. The fourth-order valence-electron chi connectivity index (χ4n) is 3.00. The second-order valence-corrected chi connectivity index (χ2v) is 9.30. The molecular formula is C20H23N3O5S2. The molecule has 10 heteroatoms. The molecule has 160 valence electrons. The van der Waals surface area contributed by atoms with Crippen LogP contribution in [0.4, 0.5) is 5.69 Å². The van der Waals surface area contributed by atoms with Gasteiger partial charge in [-0.1, -0.05) is 13.0 Å². The average Bonchev–Trinajstić information content (AvgIpc) is 3.24. The Kier molecular flexibility index (Phi) is 7.01. The number of methoxy groups -OCH3 is 1. The molecule has 2 N–H and O–H groups in total. The first-order valence-electron chi connectivity index (χ1n) is 9.29. The Labute approximate surface area is 180 Å². The highest BCUT2D eigenvalue weighted by Crippen LogP contribution is 2.25. The van der Waals surface area contributed by atoms with Gasteiger partial charge in [-0.2, -0.15) is 0 Å². The Morgan fingerprint density at radius 3 is 2.60 bits per heavy atom. The van der Waals surface area contributed by atoms with E-state index in [0.29, 0.717) is 23.1 Å². The van der Waals surface area contributed by atoms with Gasteiger partial charge in [0.1, 0.15) is 11.8 Å². The highest BCUT2D eigenvalue weighted by atomic mass is 32.2. The third kappa shape index (κ3) is 4.94. The molecule has 2 amide bonds. The van der Waals surface area contributed by atoms with Gasteiger partial charge in [-0.25, -0.2) is 13.1 Å². The summed E-state index contributed by atoms with van der Waals surface area (Å²) >= 11 is 1.47. The zero-order chi connectivity index (χ0) is 21.7. The van der Waals surface area contributed by atoms with Crippen LogP contribution in [0, 0.1) is 0 Å². The van der Waals surface area contributed by atoms with Crippen LogP contribution in [0.1, 0.15) is 17.3 Å². The number of nitrogens with one attached hydrogen (secondary N) is 2. The monoisotopic (exact) mass is 449 g/mol. The zero-order valence-electron chi connectivity index (χ0n) is 16.6. The lowest BCUT2D eigenvalue weighted by molar-refractivity contribution is -0.119. The number of thioether (sulfide) groups is 1. The molecule has 2 aromatic rings. The molecule has 30 heavy (non-hydrogen) atoms. The van der Waals surface area contributed by atoms with E-state index in [1.165, 1.54) is 34.9 Å². The van der Waals surface area contributed by atoms with Crippen molar-refractivity contribution in [3.63, 3.8) is 0 Å². The van der Waals surface area contributed by atoms with Crippen LogP contribution < -0.4 is 14.8 Å². The number of carbonyl (C=O) groups excluding carboxylic acids is 2. The average molecular weight is 450 g/mol. The van der Waals surface area contributed by atoms with E-state index in [0.717, 1.165) is 0 Å². The van der Waals surface area contributed by atoms with Crippen LogP contribution in [0.25, 0.3) is 0 Å². The Hall–Kier alpha value is -2.56. The van der Waals surface area contributed by atoms with Crippen molar-refractivity contribution in [1.82, 2.24) is 9.62 Å². The maximum absolute atomic E-state index is 13.0. The van der Waals surface area contributed by atoms with Crippen LogP contribution in [0.3, 0.4) is 0 Å². The van der Waals surface area contributed by atoms with Crippen molar-refractivity contribution in [3.8, 4) is 5.75 Å². The first-order chi connectivity index (χ1) is 14.4. The molecular weight excluding hydrogens is 426 g/mol. The Balaban J connectivity index is 1.76. The van der Waals surface area contributed by atoms with E-state index < -0.39 is 16.1 Å². The highest BCUT2D eigenvalue weighted by Gasteiger charge is 2.35. The van der Waals surface area contributed by atoms with Gasteiger partial charge in [-0.05, 0) is 42.5 Å². The summed E-state index contributed by atoms with van der Waals surface area (Å²) < 4.78 is 32.0. The van der Waals surface area contributed by atoms with Crippen LogP contribution in [-0.2, 0) is 14.8 Å². The van der Waals surface area contributed by atoms with Gasteiger partial charge in [0.25, 0.3) is 5.91 Å². The van der Waals surface area contributed by atoms with Gasteiger partial charge in [0.05, 0.1) is 17.9 Å². The summed E-state index contributed by atoms with van der Waals surface area (Å²) in [5.41, 5.74) is 0.822. The molecule has 0 bridgehead atoms. The van der Waals surface area contributed by atoms with Crippen LogP contribution >= 0.6 is 11.8 Å². The van der Waals surface area contributed by atoms with Crippen molar-refractivity contribution in [2.45, 2.75) is 17.9 Å².